The molecule has 0 spiro atoms. The lowest BCUT2D eigenvalue weighted by Crippen LogP contribution is -2.54. The van der Waals surface area contributed by atoms with Crippen molar-refractivity contribution in [1.82, 2.24) is 10.2 Å². The fourth-order valence-electron chi connectivity index (χ4n) is 5.27. The van der Waals surface area contributed by atoms with Crippen LogP contribution in [0.25, 0.3) is 0 Å². The van der Waals surface area contributed by atoms with Gasteiger partial charge in [-0.25, -0.2) is 8.42 Å². The Morgan fingerprint density at radius 1 is 0.927 bits per heavy atom. The van der Waals surface area contributed by atoms with Gasteiger partial charge in [-0.05, 0) is 55.5 Å². The van der Waals surface area contributed by atoms with Crippen LogP contribution in [-0.4, -0.2) is 50.0 Å². The molecule has 1 aliphatic carbocycles. The lowest BCUT2D eigenvalue weighted by molar-refractivity contribution is -0.140. The third kappa shape index (κ3) is 8.11. The molecule has 41 heavy (non-hydrogen) atoms. The number of amides is 2. The number of rotatable bonds is 11. The van der Waals surface area contributed by atoms with E-state index in [2.05, 4.69) is 5.32 Å². The molecule has 0 heterocycles. The fourth-order valence-corrected chi connectivity index (χ4v) is 6.34. The molecule has 2 amide bonds. The van der Waals surface area contributed by atoms with Crippen molar-refractivity contribution in [1.29, 1.82) is 0 Å². The van der Waals surface area contributed by atoms with E-state index >= 15 is 0 Å². The lowest BCUT2D eigenvalue weighted by atomic mass is 10.0. The number of hydrogen-bond donors (Lipinski definition) is 1. The number of hydrogen-bond acceptors (Lipinski definition) is 4. The van der Waals surface area contributed by atoms with E-state index in [0.29, 0.717) is 22.7 Å². The second kappa shape index (κ2) is 13.5. The molecule has 1 saturated carbocycles. The van der Waals surface area contributed by atoms with Gasteiger partial charge in [-0.1, -0.05) is 90.7 Å². The third-order valence-corrected chi connectivity index (χ3v) is 9.17. The summed E-state index contributed by atoms with van der Waals surface area (Å²) in [6.45, 7) is 3.39. The quantitative estimate of drug-likeness (QED) is 0.321. The van der Waals surface area contributed by atoms with Gasteiger partial charge >= 0.3 is 0 Å². The van der Waals surface area contributed by atoms with E-state index in [1.807, 2.05) is 61.5 Å². The zero-order valence-corrected chi connectivity index (χ0v) is 25.4. The number of aryl methyl sites for hydroxylation is 1. The van der Waals surface area contributed by atoms with Crippen LogP contribution >= 0.6 is 11.6 Å². The second-order valence-corrected chi connectivity index (χ2v) is 13.2. The van der Waals surface area contributed by atoms with Crippen LogP contribution in [0.15, 0.2) is 72.8 Å². The third-order valence-electron chi connectivity index (χ3n) is 7.63. The van der Waals surface area contributed by atoms with Crippen molar-refractivity contribution in [2.75, 3.05) is 17.1 Å². The minimum absolute atomic E-state index is 0.0683. The van der Waals surface area contributed by atoms with Gasteiger partial charge in [-0.3, -0.25) is 13.9 Å². The van der Waals surface area contributed by atoms with Crippen LogP contribution in [0.2, 0.25) is 5.02 Å². The highest BCUT2D eigenvalue weighted by Gasteiger charge is 2.34. The minimum atomic E-state index is -3.86. The maximum atomic E-state index is 14.2. The molecule has 0 bridgehead atoms. The van der Waals surface area contributed by atoms with Gasteiger partial charge in [0.15, 0.2) is 0 Å². The highest BCUT2D eigenvalue weighted by atomic mass is 35.5. The van der Waals surface area contributed by atoms with Gasteiger partial charge in [0.25, 0.3) is 0 Å². The van der Waals surface area contributed by atoms with E-state index < -0.39 is 28.5 Å². The van der Waals surface area contributed by atoms with Crippen LogP contribution in [0, 0.1) is 13.8 Å². The van der Waals surface area contributed by atoms with Gasteiger partial charge in [0.05, 0.1) is 11.9 Å². The molecule has 3 aromatic carbocycles. The summed E-state index contributed by atoms with van der Waals surface area (Å²) < 4.78 is 27.1. The van der Waals surface area contributed by atoms with Crippen molar-refractivity contribution < 1.29 is 18.0 Å². The molecule has 218 valence electrons. The van der Waals surface area contributed by atoms with Crippen LogP contribution in [-0.2, 0) is 32.6 Å². The molecule has 4 rings (SSSR count). The molecule has 1 N–H and O–H groups in total. The first kappa shape index (κ1) is 30.6. The highest BCUT2D eigenvalue weighted by Crippen LogP contribution is 2.29. The van der Waals surface area contributed by atoms with Gasteiger partial charge < -0.3 is 10.2 Å². The molecule has 1 fully saturated rings. The summed E-state index contributed by atoms with van der Waals surface area (Å²) in [5.74, 6) is -0.705. The molecule has 9 heteroatoms. The number of benzene rings is 3. The summed E-state index contributed by atoms with van der Waals surface area (Å²) in [5, 5.41) is 3.58. The minimum Gasteiger partial charge on any atom is -0.352 e. The first-order chi connectivity index (χ1) is 19.5. The Morgan fingerprint density at radius 3 is 2.22 bits per heavy atom. The standard InChI is InChI=1S/C32H38ClN3O4S/c1-23-16-18-26(19-17-23)21-35(31(37)22-36(41(3,39)40)29-15-9-14-28(33)24(29)2)30(20-25-10-5-4-6-11-25)32(38)34-27-12-7-8-13-27/h4-6,9-11,14-19,27,30H,7-8,12-13,20-22H2,1-3H3,(H,34,38)/t30-/m0/s1. The summed E-state index contributed by atoms with van der Waals surface area (Å²) in [6.07, 6.45) is 5.30. The Labute approximate surface area is 248 Å². The van der Waals surface area contributed by atoms with Crippen LogP contribution in [0.1, 0.15) is 47.9 Å². The molecule has 7 nitrogen and oxygen atoms in total. The predicted molar refractivity (Wildman–Crippen MR) is 164 cm³/mol. The monoisotopic (exact) mass is 595 g/mol. The number of halogens is 1. The van der Waals surface area contributed by atoms with Crippen LogP contribution in [0.3, 0.4) is 0 Å². The SMILES string of the molecule is Cc1ccc(CN(C(=O)CN(c2cccc(Cl)c2C)S(C)(=O)=O)[C@@H](Cc2ccccc2)C(=O)NC2CCCC2)cc1. The molecule has 1 atom stereocenters. The Hall–Kier alpha value is -3.36. The summed E-state index contributed by atoms with van der Waals surface area (Å²) in [7, 11) is -3.86. The molecular weight excluding hydrogens is 558 g/mol. The van der Waals surface area contributed by atoms with Gasteiger partial charge in [0.1, 0.15) is 12.6 Å². The topological polar surface area (TPSA) is 86.8 Å². The number of sulfonamides is 1. The zero-order valence-electron chi connectivity index (χ0n) is 23.8. The largest absolute Gasteiger partial charge is 0.352 e. The number of nitrogens with one attached hydrogen (secondary N) is 1. The number of carbonyl (C=O) groups excluding carboxylic acids is 2. The van der Waals surface area contributed by atoms with E-state index in [1.54, 1.807) is 25.1 Å². The first-order valence-electron chi connectivity index (χ1n) is 13.9. The summed E-state index contributed by atoms with van der Waals surface area (Å²) >= 11 is 6.32. The lowest BCUT2D eigenvalue weighted by Gasteiger charge is -2.34. The Kier molecular flexibility index (Phi) is 10.1. The number of carbonyl (C=O) groups is 2. The van der Waals surface area contributed by atoms with E-state index in [0.717, 1.165) is 52.9 Å². The maximum Gasteiger partial charge on any atom is 0.244 e. The second-order valence-electron chi connectivity index (χ2n) is 10.9. The van der Waals surface area contributed by atoms with Crippen LogP contribution < -0.4 is 9.62 Å². The van der Waals surface area contributed by atoms with E-state index in [9.17, 15) is 18.0 Å². The zero-order chi connectivity index (χ0) is 29.6. The molecule has 0 saturated heterocycles. The fraction of sp³-hybridized carbons (Fsp3) is 0.375. The summed E-state index contributed by atoms with van der Waals surface area (Å²) in [5.41, 5.74) is 3.72. The molecule has 0 aromatic heterocycles. The van der Waals surface area contributed by atoms with Gasteiger partial charge in [0, 0.05) is 24.0 Å². The van der Waals surface area contributed by atoms with E-state index in [4.69, 9.17) is 11.6 Å². The Bertz CT molecular complexity index is 1460. The van der Waals surface area contributed by atoms with Crippen molar-refractivity contribution in [3.63, 3.8) is 0 Å². The molecule has 0 aliphatic heterocycles. The van der Waals surface area contributed by atoms with Crippen molar-refractivity contribution in [3.8, 4) is 0 Å². The van der Waals surface area contributed by atoms with Crippen molar-refractivity contribution in [2.24, 2.45) is 0 Å². The summed E-state index contributed by atoms with van der Waals surface area (Å²) in [4.78, 5) is 29.6. The van der Waals surface area contributed by atoms with Crippen molar-refractivity contribution in [2.45, 2.75) is 64.6 Å². The number of nitrogens with zero attached hydrogens (tertiary/aromatic N) is 2. The Balaban J connectivity index is 1.74. The van der Waals surface area contributed by atoms with E-state index in [1.165, 1.54) is 4.90 Å². The number of anilines is 1. The Morgan fingerprint density at radius 2 is 1.59 bits per heavy atom. The first-order valence-corrected chi connectivity index (χ1v) is 16.2. The molecular formula is C32H38ClN3O4S. The van der Waals surface area contributed by atoms with Crippen molar-refractivity contribution in [3.05, 3.63) is 100 Å². The smallest absolute Gasteiger partial charge is 0.244 e. The highest BCUT2D eigenvalue weighted by molar-refractivity contribution is 7.92. The molecule has 1 aliphatic rings. The summed E-state index contributed by atoms with van der Waals surface area (Å²) in [6, 6.07) is 21.6. The van der Waals surface area contributed by atoms with Gasteiger partial charge in [0.2, 0.25) is 21.8 Å². The van der Waals surface area contributed by atoms with E-state index in [-0.39, 0.29) is 18.5 Å². The van der Waals surface area contributed by atoms with Crippen LogP contribution in [0.4, 0.5) is 5.69 Å². The molecule has 0 radical (unpaired) electrons. The maximum absolute atomic E-state index is 14.2. The average molecular weight is 596 g/mol. The molecule has 0 unspecified atom stereocenters. The normalized spacial score (nSPS) is 14.4. The van der Waals surface area contributed by atoms with Crippen molar-refractivity contribution >= 4 is 39.1 Å². The predicted octanol–water partition coefficient (Wildman–Crippen LogP) is 5.42. The van der Waals surface area contributed by atoms with Crippen LogP contribution in [0.5, 0.6) is 0 Å². The van der Waals surface area contributed by atoms with Gasteiger partial charge in [-0.2, -0.15) is 0 Å². The molecule has 3 aromatic rings. The average Bonchev–Trinajstić information content (AvgIpc) is 3.45. The van der Waals surface area contributed by atoms with Gasteiger partial charge in [-0.15, -0.1) is 0 Å².